The number of aryl methyl sites for hydroxylation is 1. The molecule has 1 amide bonds. The second-order valence-corrected chi connectivity index (χ2v) is 9.07. The lowest BCUT2D eigenvalue weighted by Gasteiger charge is -2.27. The summed E-state index contributed by atoms with van der Waals surface area (Å²) in [5.41, 5.74) is 2.96. The molecule has 5 rings (SSSR count). The molecule has 1 fully saturated rings. The lowest BCUT2D eigenvalue weighted by molar-refractivity contribution is -0.145. The molecule has 7 nitrogen and oxygen atoms in total. The van der Waals surface area contributed by atoms with E-state index in [2.05, 4.69) is 15.4 Å². The Bertz CT molecular complexity index is 1450. The molecule has 0 aliphatic carbocycles. The predicted molar refractivity (Wildman–Crippen MR) is 130 cm³/mol. The average Bonchev–Trinajstić information content (AvgIpc) is 3.22. The second-order valence-electron chi connectivity index (χ2n) is 8.66. The van der Waals surface area contributed by atoms with Crippen LogP contribution in [0.1, 0.15) is 36.2 Å². The van der Waals surface area contributed by atoms with Crippen LogP contribution in [0.4, 0.5) is 8.78 Å². The minimum absolute atomic E-state index is 0.00898. The van der Waals surface area contributed by atoms with E-state index in [1.54, 1.807) is 19.1 Å². The number of aromatic nitrogens is 3. The van der Waals surface area contributed by atoms with Crippen molar-refractivity contribution in [1.82, 2.24) is 20.1 Å². The van der Waals surface area contributed by atoms with Crippen LogP contribution < -0.4 is 10.1 Å². The third-order valence-electron chi connectivity index (χ3n) is 6.09. The number of ether oxygens (including phenoxy) is 2. The first-order valence-electron chi connectivity index (χ1n) is 11.4. The van der Waals surface area contributed by atoms with Crippen molar-refractivity contribution >= 4 is 28.4 Å². The Hall–Kier alpha value is -3.56. The van der Waals surface area contributed by atoms with Crippen LogP contribution in [0.3, 0.4) is 0 Å². The van der Waals surface area contributed by atoms with Crippen molar-refractivity contribution in [2.45, 2.75) is 39.0 Å². The number of hydrogen-bond acceptors (Lipinski definition) is 5. The van der Waals surface area contributed by atoms with E-state index in [4.69, 9.17) is 21.1 Å². The standard InChI is InChI=1S/C26H23ClF2N4O3/c1-14-8-22(33-12-17(29)11-30-33)18-4-3-5-23(25(18)31-14)36-13-20-19(9-16(28)10-21(20)27)15(2)32-26(34)24-6-7-35-24/h3-5,8-12,15,24H,6-7,13H2,1-2H3,(H,32,34)/t15-,24?/m0/s1. The third-order valence-corrected chi connectivity index (χ3v) is 6.43. The number of amides is 1. The minimum Gasteiger partial charge on any atom is -0.487 e. The van der Waals surface area contributed by atoms with E-state index in [-0.39, 0.29) is 17.5 Å². The maximum atomic E-state index is 14.3. The molecule has 1 aliphatic heterocycles. The zero-order chi connectivity index (χ0) is 25.4. The van der Waals surface area contributed by atoms with Gasteiger partial charge in [-0.3, -0.25) is 4.79 Å². The highest BCUT2D eigenvalue weighted by molar-refractivity contribution is 6.31. The highest BCUT2D eigenvalue weighted by atomic mass is 35.5. The van der Waals surface area contributed by atoms with Crippen LogP contribution in [0.25, 0.3) is 16.6 Å². The van der Waals surface area contributed by atoms with Gasteiger partial charge in [0.15, 0.2) is 5.82 Å². The van der Waals surface area contributed by atoms with Crippen molar-refractivity contribution in [2.24, 2.45) is 0 Å². The largest absolute Gasteiger partial charge is 0.487 e. The summed E-state index contributed by atoms with van der Waals surface area (Å²) in [5, 5.41) is 7.83. The maximum Gasteiger partial charge on any atom is 0.249 e. The molecule has 0 saturated carbocycles. The number of fused-ring (bicyclic) bond motifs is 1. The van der Waals surface area contributed by atoms with Crippen LogP contribution >= 0.6 is 11.6 Å². The van der Waals surface area contributed by atoms with Crippen molar-refractivity contribution < 1.29 is 23.0 Å². The Labute approximate surface area is 211 Å². The van der Waals surface area contributed by atoms with Crippen LogP contribution in [0, 0.1) is 18.6 Å². The molecule has 3 heterocycles. The highest BCUT2D eigenvalue weighted by Crippen LogP contribution is 2.32. The molecule has 1 N–H and O–H groups in total. The predicted octanol–water partition coefficient (Wildman–Crippen LogP) is 5.21. The first kappa shape index (κ1) is 24.1. The molecule has 1 saturated heterocycles. The lowest BCUT2D eigenvalue weighted by Crippen LogP contribution is -2.44. The third kappa shape index (κ3) is 4.76. The molecule has 4 aromatic rings. The van der Waals surface area contributed by atoms with Crippen LogP contribution in [0.2, 0.25) is 5.02 Å². The minimum atomic E-state index is -0.525. The SMILES string of the molecule is Cc1cc(-n2cc(F)cn2)c2cccc(OCc3c(Cl)cc(F)cc3[C@H](C)NC(=O)C3CCO3)c2n1. The van der Waals surface area contributed by atoms with Crippen molar-refractivity contribution in [1.29, 1.82) is 0 Å². The van der Waals surface area contributed by atoms with Gasteiger partial charge in [-0.15, -0.1) is 0 Å². The van der Waals surface area contributed by atoms with Crippen LogP contribution in [-0.2, 0) is 16.1 Å². The number of para-hydroxylation sites is 1. The number of rotatable bonds is 7. The first-order chi connectivity index (χ1) is 17.3. The van der Waals surface area contributed by atoms with Crippen LogP contribution in [0.5, 0.6) is 5.75 Å². The summed E-state index contributed by atoms with van der Waals surface area (Å²) in [5.74, 6) is -0.750. The topological polar surface area (TPSA) is 78.3 Å². The Morgan fingerprint density at radius 2 is 2.11 bits per heavy atom. The van der Waals surface area contributed by atoms with E-state index in [1.165, 1.54) is 23.0 Å². The molecule has 2 aromatic heterocycles. The number of nitrogens with zero attached hydrogens (tertiary/aromatic N) is 3. The van der Waals surface area contributed by atoms with E-state index in [9.17, 15) is 13.6 Å². The number of carbonyl (C=O) groups is 1. The molecule has 1 aliphatic rings. The van der Waals surface area contributed by atoms with E-state index < -0.39 is 23.8 Å². The van der Waals surface area contributed by atoms with E-state index in [0.29, 0.717) is 52.2 Å². The highest BCUT2D eigenvalue weighted by Gasteiger charge is 2.28. The van der Waals surface area contributed by atoms with E-state index >= 15 is 0 Å². The molecular formula is C26H23ClF2N4O3. The number of pyridine rings is 1. The summed E-state index contributed by atoms with van der Waals surface area (Å²) in [6, 6.07) is 9.24. The maximum absolute atomic E-state index is 14.3. The van der Waals surface area contributed by atoms with Crippen LogP contribution in [-0.4, -0.2) is 33.4 Å². The molecule has 2 atom stereocenters. The van der Waals surface area contributed by atoms with Gasteiger partial charge in [-0.2, -0.15) is 5.10 Å². The number of nitrogens with one attached hydrogen (secondary N) is 1. The van der Waals surface area contributed by atoms with Gasteiger partial charge in [0.25, 0.3) is 0 Å². The fourth-order valence-electron chi connectivity index (χ4n) is 4.21. The summed E-state index contributed by atoms with van der Waals surface area (Å²) in [7, 11) is 0. The Balaban J connectivity index is 1.46. The smallest absolute Gasteiger partial charge is 0.249 e. The second kappa shape index (κ2) is 9.83. The number of benzene rings is 2. The quantitative estimate of drug-likeness (QED) is 0.368. The Kier molecular flexibility index (Phi) is 6.59. The van der Waals surface area contributed by atoms with Gasteiger partial charge in [0.2, 0.25) is 5.91 Å². The molecule has 36 heavy (non-hydrogen) atoms. The molecule has 186 valence electrons. The normalized spacial score (nSPS) is 16.0. The first-order valence-corrected chi connectivity index (χ1v) is 11.8. The fourth-order valence-corrected chi connectivity index (χ4v) is 4.47. The average molecular weight is 513 g/mol. The summed E-state index contributed by atoms with van der Waals surface area (Å²) in [4.78, 5) is 17.0. The summed E-state index contributed by atoms with van der Waals surface area (Å²) in [6.45, 7) is 4.14. The fraction of sp³-hybridized carbons (Fsp3) is 0.269. The van der Waals surface area contributed by atoms with Gasteiger partial charge in [-0.1, -0.05) is 23.7 Å². The summed E-state index contributed by atoms with van der Waals surface area (Å²) >= 11 is 6.41. The lowest BCUT2D eigenvalue weighted by atomic mass is 10.0. The zero-order valence-corrected chi connectivity index (χ0v) is 20.4. The van der Waals surface area contributed by atoms with E-state index in [1.807, 2.05) is 19.1 Å². The van der Waals surface area contributed by atoms with E-state index in [0.717, 1.165) is 6.20 Å². The Morgan fingerprint density at radius 3 is 2.81 bits per heavy atom. The van der Waals surface area contributed by atoms with Gasteiger partial charge >= 0.3 is 0 Å². The van der Waals surface area contributed by atoms with Crippen molar-refractivity contribution in [3.8, 4) is 11.4 Å². The van der Waals surface area contributed by atoms with Gasteiger partial charge < -0.3 is 14.8 Å². The Morgan fingerprint density at radius 1 is 1.31 bits per heavy atom. The molecule has 10 heteroatoms. The number of halogens is 3. The number of hydrogen-bond donors (Lipinski definition) is 1. The molecule has 0 radical (unpaired) electrons. The van der Waals surface area contributed by atoms with Crippen molar-refractivity contribution in [2.75, 3.05) is 6.61 Å². The summed E-state index contributed by atoms with van der Waals surface area (Å²) < 4.78 is 40.7. The molecule has 0 spiro atoms. The molecule has 0 bridgehead atoms. The zero-order valence-electron chi connectivity index (χ0n) is 19.6. The van der Waals surface area contributed by atoms with Crippen LogP contribution in [0.15, 0.2) is 48.8 Å². The van der Waals surface area contributed by atoms with Gasteiger partial charge in [0, 0.05) is 23.1 Å². The van der Waals surface area contributed by atoms with Gasteiger partial charge in [-0.05, 0) is 43.7 Å². The monoisotopic (exact) mass is 512 g/mol. The number of carbonyl (C=O) groups excluding carboxylic acids is 1. The van der Waals surface area contributed by atoms with Crippen molar-refractivity contribution in [3.63, 3.8) is 0 Å². The van der Waals surface area contributed by atoms with Crippen molar-refractivity contribution in [3.05, 3.63) is 82.3 Å². The molecule has 1 unspecified atom stereocenters. The molecular weight excluding hydrogens is 490 g/mol. The van der Waals surface area contributed by atoms with Gasteiger partial charge in [-0.25, -0.2) is 18.4 Å². The van der Waals surface area contributed by atoms with Gasteiger partial charge in [0.05, 0.1) is 35.8 Å². The summed E-state index contributed by atoms with van der Waals surface area (Å²) in [6.07, 6.45) is 2.59. The van der Waals surface area contributed by atoms with Gasteiger partial charge in [0.1, 0.15) is 29.8 Å². The molecule has 2 aromatic carbocycles.